The van der Waals surface area contributed by atoms with Crippen molar-refractivity contribution in [2.45, 2.75) is 38.9 Å². The van der Waals surface area contributed by atoms with Crippen LogP contribution in [0, 0.1) is 0 Å². The Morgan fingerprint density at radius 1 is 0.600 bits per heavy atom. The second kappa shape index (κ2) is 9.00. The monoisotopic (exact) mass is 457 g/mol. The van der Waals surface area contributed by atoms with Gasteiger partial charge in [-0.2, -0.15) is 0 Å². The molecule has 0 bridgehead atoms. The molecule has 5 aromatic carbocycles. The van der Waals surface area contributed by atoms with Crippen molar-refractivity contribution >= 4 is 34.5 Å². The van der Waals surface area contributed by atoms with Gasteiger partial charge < -0.3 is 9.76 Å². The first-order valence-corrected chi connectivity index (χ1v) is 12.1. The van der Waals surface area contributed by atoms with Crippen LogP contribution in [-0.4, -0.2) is 23.8 Å². The molecule has 2 nitrogen and oxygen atoms in total. The molecule has 0 unspecified atom stereocenters. The van der Waals surface area contributed by atoms with Gasteiger partial charge in [0.05, 0.1) is 11.2 Å². The largest absolute Gasteiger partial charge is 0.427 e. The Balaban J connectivity index is 1.52. The molecule has 0 atom stereocenters. The van der Waals surface area contributed by atoms with E-state index in [0.29, 0.717) is 0 Å². The fraction of sp³-hybridized carbons (Fsp3) is 0.188. The summed E-state index contributed by atoms with van der Waals surface area (Å²) in [5, 5.41) is 15.4. The Morgan fingerprint density at radius 3 is 1.94 bits per heavy atom. The third-order valence-electron chi connectivity index (χ3n) is 7.12. The van der Waals surface area contributed by atoms with Crippen LogP contribution in [-0.2, 0) is 4.65 Å². The highest BCUT2D eigenvalue weighted by molar-refractivity contribution is 6.47. The van der Waals surface area contributed by atoms with Gasteiger partial charge in [0, 0.05) is 0 Å². The molecule has 3 heteroatoms. The first-order chi connectivity index (χ1) is 16.7. The van der Waals surface area contributed by atoms with Crippen molar-refractivity contribution in [3.8, 4) is 22.3 Å². The zero-order valence-corrected chi connectivity index (χ0v) is 20.7. The van der Waals surface area contributed by atoms with Gasteiger partial charge >= 0.3 is 7.48 Å². The molecule has 0 aliphatic carbocycles. The van der Waals surface area contributed by atoms with Crippen molar-refractivity contribution < 1.29 is 9.76 Å². The normalized spacial score (nSPS) is 12.3. The molecule has 0 saturated heterocycles. The SMILES string of the molecule is CC(C)(O)C(C)(C)O[B]c1cccc(-c2cccc(-c3cc4ccccc4c4ccccc34)c2)c1. The van der Waals surface area contributed by atoms with E-state index in [1.165, 1.54) is 32.7 Å². The zero-order chi connectivity index (χ0) is 24.6. The van der Waals surface area contributed by atoms with E-state index in [-0.39, 0.29) is 0 Å². The maximum Gasteiger partial charge on any atom is 0.330 e. The molecular weight excluding hydrogens is 427 g/mol. The Labute approximate surface area is 208 Å². The second-order valence-electron chi connectivity index (χ2n) is 10.2. The summed E-state index contributed by atoms with van der Waals surface area (Å²) < 4.78 is 5.98. The minimum Gasteiger partial charge on any atom is -0.427 e. The van der Waals surface area contributed by atoms with E-state index < -0.39 is 11.2 Å². The molecule has 35 heavy (non-hydrogen) atoms. The third kappa shape index (κ3) is 4.62. The third-order valence-corrected chi connectivity index (χ3v) is 7.12. The maximum absolute atomic E-state index is 10.4. The van der Waals surface area contributed by atoms with Crippen molar-refractivity contribution in [3.63, 3.8) is 0 Å². The van der Waals surface area contributed by atoms with Gasteiger partial charge in [-0.25, -0.2) is 0 Å². The lowest BCUT2D eigenvalue weighted by atomic mass is 9.81. The van der Waals surface area contributed by atoms with Gasteiger partial charge in [0.25, 0.3) is 0 Å². The van der Waals surface area contributed by atoms with Crippen molar-refractivity contribution in [3.05, 3.63) is 103 Å². The van der Waals surface area contributed by atoms with Gasteiger partial charge in [0.2, 0.25) is 0 Å². The average molecular weight is 457 g/mol. The van der Waals surface area contributed by atoms with Crippen LogP contribution in [0.1, 0.15) is 27.7 Å². The molecule has 0 aromatic heterocycles. The highest BCUT2D eigenvalue weighted by Crippen LogP contribution is 2.36. The van der Waals surface area contributed by atoms with Crippen LogP contribution >= 0.6 is 0 Å². The summed E-state index contributed by atoms with van der Waals surface area (Å²) in [6.45, 7) is 7.31. The first kappa shape index (κ1) is 23.4. The number of rotatable bonds is 6. The molecule has 0 saturated carbocycles. The predicted molar refractivity (Wildman–Crippen MR) is 149 cm³/mol. The molecule has 0 fully saturated rings. The van der Waals surface area contributed by atoms with Crippen LogP contribution in [0.15, 0.2) is 103 Å². The van der Waals surface area contributed by atoms with Gasteiger partial charge in [-0.1, -0.05) is 96.5 Å². The molecule has 0 spiro atoms. The van der Waals surface area contributed by atoms with E-state index >= 15 is 0 Å². The maximum atomic E-state index is 10.4. The summed E-state index contributed by atoms with van der Waals surface area (Å²) in [5.74, 6) is 0. The molecule has 0 heterocycles. The summed E-state index contributed by atoms with van der Waals surface area (Å²) in [7, 11) is 1.74. The Bertz CT molecular complexity index is 1510. The highest BCUT2D eigenvalue weighted by atomic mass is 16.5. The number of hydrogen-bond acceptors (Lipinski definition) is 2. The van der Waals surface area contributed by atoms with E-state index in [0.717, 1.165) is 16.6 Å². The van der Waals surface area contributed by atoms with E-state index in [4.69, 9.17) is 4.65 Å². The summed E-state index contributed by atoms with van der Waals surface area (Å²) in [6, 6.07) is 36.5. The van der Waals surface area contributed by atoms with E-state index in [1.54, 1.807) is 21.3 Å². The van der Waals surface area contributed by atoms with Crippen molar-refractivity contribution in [2.75, 3.05) is 0 Å². The standard InChI is InChI=1S/C32H30BO2/c1-31(2,34)32(3,4)35-33-26-15-10-13-23(20-26)22-12-9-14-24(19-22)30-21-25-11-5-6-16-27(25)28-17-7-8-18-29(28)30/h5-21,34H,1-4H3. The van der Waals surface area contributed by atoms with Crippen molar-refractivity contribution in [1.29, 1.82) is 0 Å². The number of benzene rings is 5. The Kier molecular flexibility index (Phi) is 6.00. The Morgan fingerprint density at radius 2 is 1.20 bits per heavy atom. The first-order valence-electron chi connectivity index (χ1n) is 12.1. The summed E-state index contributed by atoms with van der Waals surface area (Å²) in [4.78, 5) is 0. The molecule has 173 valence electrons. The van der Waals surface area contributed by atoms with Crippen LogP contribution < -0.4 is 5.46 Å². The van der Waals surface area contributed by atoms with Crippen LogP contribution in [0.5, 0.6) is 0 Å². The average Bonchev–Trinajstić information content (AvgIpc) is 2.87. The van der Waals surface area contributed by atoms with Crippen LogP contribution in [0.25, 0.3) is 43.8 Å². The lowest BCUT2D eigenvalue weighted by molar-refractivity contribution is -0.0893. The van der Waals surface area contributed by atoms with E-state index in [1.807, 2.05) is 26.0 Å². The summed E-state index contributed by atoms with van der Waals surface area (Å²) >= 11 is 0. The molecule has 1 radical (unpaired) electrons. The molecular formula is C32H30BO2. The van der Waals surface area contributed by atoms with Crippen LogP contribution in [0.3, 0.4) is 0 Å². The van der Waals surface area contributed by atoms with Crippen molar-refractivity contribution in [2.24, 2.45) is 0 Å². The Hall–Kier alpha value is -3.40. The molecule has 0 amide bonds. The van der Waals surface area contributed by atoms with Gasteiger partial charge in [-0.3, -0.25) is 0 Å². The number of hydrogen-bond donors (Lipinski definition) is 1. The summed E-state index contributed by atoms with van der Waals surface area (Å²) in [5.41, 5.74) is 3.99. The van der Waals surface area contributed by atoms with Crippen LogP contribution in [0.2, 0.25) is 0 Å². The van der Waals surface area contributed by atoms with E-state index in [2.05, 4.69) is 91.0 Å². The number of aliphatic hydroxyl groups is 1. The molecule has 1 N–H and O–H groups in total. The molecule has 5 rings (SSSR count). The lowest BCUT2D eigenvalue weighted by Gasteiger charge is -2.37. The minimum absolute atomic E-state index is 0.708. The van der Waals surface area contributed by atoms with Crippen LogP contribution in [0.4, 0.5) is 0 Å². The molecule has 5 aromatic rings. The number of fused-ring (bicyclic) bond motifs is 3. The van der Waals surface area contributed by atoms with Gasteiger partial charge in [-0.15, -0.1) is 0 Å². The fourth-order valence-corrected chi connectivity index (χ4v) is 4.31. The fourth-order valence-electron chi connectivity index (χ4n) is 4.31. The van der Waals surface area contributed by atoms with Gasteiger partial charge in [-0.05, 0) is 83.6 Å². The highest BCUT2D eigenvalue weighted by Gasteiger charge is 2.35. The van der Waals surface area contributed by atoms with Gasteiger partial charge in [0.15, 0.2) is 0 Å². The van der Waals surface area contributed by atoms with Gasteiger partial charge in [0.1, 0.15) is 0 Å². The molecule has 0 aliphatic rings. The minimum atomic E-state index is -0.960. The zero-order valence-electron chi connectivity index (χ0n) is 20.7. The smallest absolute Gasteiger partial charge is 0.330 e. The van der Waals surface area contributed by atoms with Crippen molar-refractivity contribution in [1.82, 2.24) is 0 Å². The quantitative estimate of drug-likeness (QED) is 0.217. The summed E-state index contributed by atoms with van der Waals surface area (Å²) in [6.07, 6.45) is 0. The lowest BCUT2D eigenvalue weighted by Crippen LogP contribution is -2.49. The second-order valence-corrected chi connectivity index (χ2v) is 10.2. The van der Waals surface area contributed by atoms with E-state index in [9.17, 15) is 5.11 Å². The topological polar surface area (TPSA) is 29.5 Å². The molecule has 0 aliphatic heterocycles. The predicted octanol–water partition coefficient (Wildman–Crippen LogP) is 7.14.